The minimum absolute atomic E-state index is 0.233. The van der Waals surface area contributed by atoms with Crippen molar-refractivity contribution in [3.05, 3.63) is 28.6 Å². The first-order valence-corrected chi connectivity index (χ1v) is 5.00. The van der Waals surface area contributed by atoms with Crippen molar-refractivity contribution < 1.29 is 4.74 Å². The third kappa shape index (κ3) is 1.41. The summed E-state index contributed by atoms with van der Waals surface area (Å²) in [6, 6.07) is 5.88. The molecule has 0 amide bonds. The van der Waals surface area contributed by atoms with E-state index in [4.69, 9.17) is 15.3 Å². The van der Waals surface area contributed by atoms with E-state index < -0.39 is 0 Å². The largest absolute Gasteiger partial charge is 0.481 e. The molecule has 0 aliphatic heterocycles. The van der Waals surface area contributed by atoms with Crippen molar-refractivity contribution in [2.24, 2.45) is 0 Å². The van der Waals surface area contributed by atoms with E-state index in [2.05, 4.69) is 4.98 Å². The second kappa shape index (κ2) is 3.80. The third-order valence-corrected chi connectivity index (χ3v) is 2.57. The SMILES string of the molecule is COc1c(C#N)c(C#N)c2nc(C)cc(C)n12. The molecule has 0 radical (unpaired) electrons. The van der Waals surface area contributed by atoms with Gasteiger partial charge < -0.3 is 4.74 Å². The summed E-state index contributed by atoms with van der Waals surface area (Å²) in [5.41, 5.74) is 2.64. The Morgan fingerprint density at radius 1 is 1.24 bits per heavy atom. The van der Waals surface area contributed by atoms with E-state index in [0.29, 0.717) is 11.5 Å². The van der Waals surface area contributed by atoms with E-state index in [1.54, 1.807) is 4.40 Å². The van der Waals surface area contributed by atoms with Crippen molar-refractivity contribution >= 4 is 5.65 Å². The number of ether oxygens (including phenoxy) is 1. The molecule has 5 nitrogen and oxygen atoms in total. The van der Waals surface area contributed by atoms with Crippen LogP contribution < -0.4 is 4.74 Å². The molecule has 84 valence electrons. The quantitative estimate of drug-likeness (QED) is 0.741. The number of nitriles is 2. The maximum Gasteiger partial charge on any atom is 0.219 e. The summed E-state index contributed by atoms with van der Waals surface area (Å²) < 4.78 is 6.89. The molecule has 0 atom stereocenters. The maximum absolute atomic E-state index is 9.13. The lowest BCUT2D eigenvalue weighted by atomic mass is 10.2. The van der Waals surface area contributed by atoms with Gasteiger partial charge in [-0.15, -0.1) is 0 Å². The molecule has 0 fully saturated rings. The molecule has 0 bridgehead atoms. The third-order valence-electron chi connectivity index (χ3n) is 2.57. The summed E-state index contributed by atoms with van der Waals surface area (Å²) >= 11 is 0. The molecular weight excluding hydrogens is 216 g/mol. The highest BCUT2D eigenvalue weighted by molar-refractivity contribution is 5.69. The standard InChI is InChI=1S/C12H10N4O/c1-7-4-8(2)16-11(15-7)9(5-13)10(6-14)12(16)17-3/h4H,1-3H3. The molecule has 0 saturated heterocycles. The Kier molecular flexibility index (Phi) is 2.45. The average molecular weight is 226 g/mol. The predicted molar refractivity (Wildman–Crippen MR) is 60.6 cm³/mol. The zero-order valence-electron chi connectivity index (χ0n) is 9.77. The summed E-state index contributed by atoms with van der Waals surface area (Å²) in [4.78, 5) is 4.29. The minimum atomic E-state index is 0.233. The Hall–Kier alpha value is -2.53. The number of aryl methyl sites for hydroxylation is 2. The summed E-state index contributed by atoms with van der Waals surface area (Å²) in [6.45, 7) is 3.73. The summed E-state index contributed by atoms with van der Waals surface area (Å²) in [5, 5.41) is 18.2. The van der Waals surface area contributed by atoms with Gasteiger partial charge >= 0.3 is 0 Å². The highest BCUT2D eigenvalue weighted by Gasteiger charge is 2.21. The van der Waals surface area contributed by atoms with Gasteiger partial charge in [0.15, 0.2) is 5.65 Å². The molecule has 0 N–H and O–H groups in total. The fourth-order valence-corrected chi connectivity index (χ4v) is 1.94. The number of nitrogens with zero attached hydrogens (tertiary/aromatic N) is 4. The Bertz CT molecular complexity index is 685. The highest BCUT2D eigenvalue weighted by atomic mass is 16.5. The zero-order valence-corrected chi connectivity index (χ0v) is 9.77. The van der Waals surface area contributed by atoms with E-state index in [-0.39, 0.29) is 11.1 Å². The number of hydrogen-bond acceptors (Lipinski definition) is 4. The molecule has 2 rings (SSSR count). The molecule has 2 heterocycles. The van der Waals surface area contributed by atoms with Crippen LogP contribution in [0, 0.1) is 36.5 Å². The number of methoxy groups -OCH3 is 1. The van der Waals surface area contributed by atoms with Crippen LogP contribution in [0.4, 0.5) is 0 Å². The van der Waals surface area contributed by atoms with Crippen LogP contribution >= 0.6 is 0 Å². The predicted octanol–water partition coefficient (Wildman–Crippen LogP) is 1.70. The van der Waals surface area contributed by atoms with Gasteiger partial charge in [0.1, 0.15) is 23.3 Å². The number of hydrogen-bond donors (Lipinski definition) is 0. The molecular formula is C12H10N4O. The van der Waals surface area contributed by atoms with Crippen molar-refractivity contribution in [2.45, 2.75) is 13.8 Å². The maximum atomic E-state index is 9.13. The Labute approximate surface area is 98.5 Å². The van der Waals surface area contributed by atoms with Crippen molar-refractivity contribution in [3.8, 4) is 18.0 Å². The van der Waals surface area contributed by atoms with Gasteiger partial charge in [0.05, 0.1) is 7.11 Å². The Morgan fingerprint density at radius 2 is 1.88 bits per heavy atom. The van der Waals surface area contributed by atoms with E-state index in [1.807, 2.05) is 32.1 Å². The fraction of sp³-hybridized carbons (Fsp3) is 0.250. The van der Waals surface area contributed by atoms with Crippen molar-refractivity contribution in [2.75, 3.05) is 7.11 Å². The van der Waals surface area contributed by atoms with Crippen molar-refractivity contribution in [1.29, 1.82) is 10.5 Å². The van der Waals surface area contributed by atoms with Crippen molar-refractivity contribution in [3.63, 3.8) is 0 Å². The van der Waals surface area contributed by atoms with Crippen LogP contribution in [0.1, 0.15) is 22.5 Å². The van der Waals surface area contributed by atoms with Crippen LogP contribution in [-0.4, -0.2) is 16.5 Å². The van der Waals surface area contributed by atoms with Gasteiger partial charge in [-0.1, -0.05) is 0 Å². The van der Waals surface area contributed by atoms with Crippen LogP contribution in [0.3, 0.4) is 0 Å². The summed E-state index contributed by atoms with van der Waals surface area (Å²) in [5.74, 6) is 0.365. The molecule has 0 spiro atoms. The monoisotopic (exact) mass is 226 g/mol. The van der Waals surface area contributed by atoms with E-state index in [9.17, 15) is 0 Å². The smallest absolute Gasteiger partial charge is 0.219 e. The molecule has 0 aliphatic rings. The fourth-order valence-electron chi connectivity index (χ4n) is 1.94. The van der Waals surface area contributed by atoms with Gasteiger partial charge in [-0.25, -0.2) is 4.98 Å². The molecule has 2 aromatic rings. The van der Waals surface area contributed by atoms with E-state index in [0.717, 1.165) is 11.4 Å². The number of rotatable bonds is 1. The normalized spacial score (nSPS) is 9.94. The average Bonchev–Trinajstić information content (AvgIpc) is 2.61. The molecule has 5 heteroatoms. The van der Waals surface area contributed by atoms with Crippen molar-refractivity contribution in [1.82, 2.24) is 9.38 Å². The highest BCUT2D eigenvalue weighted by Crippen LogP contribution is 2.29. The molecule has 0 aliphatic carbocycles. The van der Waals surface area contributed by atoms with E-state index in [1.165, 1.54) is 7.11 Å². The number of fused-ring (bicyclic) bond motifs is 1. The second-order valence-electron chi connectivity index (χ2n) is 3.68. The van der Waals surface area contributed by atoms with Crippen LogP contribution in [0.2, 0.25) is 0 Å². The summed E-state index contributed by atoms with van der Waals surface area (Å²) in [7, 11) is 1.48. The lowest BCUT2D eigenvalue weighted by Gasteiger charge is -2.05. The first kappa shape index (κ1) is 11.0. The van der Waals surface area contributed by atoms with Crippen LogP contribution in [-0.2, 0) is 0 Å². The molecule has 0 unspecified atom stereocenters. The molecule has 17 heavy (non-hydrogen) atoms. The van der Waals surface area contributed by atoms with Crippen LogP contribution in [0.5, 0.6) is 5.88 Å². The first-order chi connectivity index (χ1) is 8.13. The second-order valence-corrected chi connectivity index (χ2v) is 3.68. The van der Waals surface area contributed by atoms with Gasteiger partial charge in [-0.05, 0) is 19.9 Å². The molecule has 0 saturated carbocycles. The Morgan fingerprint density at radius 3 is 2.41 bits per heavy atom. The van der Waals surface area contributed by atoms with Gasteiger partial charge in [-0.3, -0.25) is 4.40 Å². The van der Waals surface area contributed by atoms with E-state index >= 15 is 0 Å². The molecule has 0 aromatic carbocycles. The van der Waals surface area contributed by atoms with Crippen LogP contribution in [0.15, 0.2) is 6.07 Å². The Balaban J connectivity index is 3.07. The van der Waals surface area contributed by atoms with Crippen LogP contribution in [0.25, 0.3) is 5.65 Å². The van der Waals surface area contributed by atoms with Gasteiger partial charge in [0, 0.05) is 11.4 Å². The lowest BCUT2D eigenvalue weighted by Crippen LogP contribution is -1.98. The molecule has 2 aromatic heterocycles. The topological polar surface area (TPSA) is 74.1 Å². The number of aromatic nitrogens is 2. The zero-order chi connectivity index (χ0) is 12.6. The van der Waals surface area contributed by atoms with Gasteiger partial charge in [-0.2, -0.15) is 10.5 Å². The summed E-state index contributed by atoms with van der Waals surface area (Å²) in [6.07, 6.45) is 0. The minimum Gasteiger partial charge on any atom is -0.481 e. The van der Waals surface area contributed by atoms with Gasteiger partial charge in [0.25, 0.3) is 0 Å². The lowest BCUT2D eigenvalue weighted by molar-refractivity contribution is 0.391. The first-order valence-electron chi connectivity index (χ1n) is 5.00. The van der Waals surface area contributed by atoms with Gasteiger partial charge in [0.2, 0.25) is 5.88 Å².